The van der Waals surface area contributed by atoms with Crippen LogP contribution in [0.2, 0.25) is 0 Å². The van der Waals surface area contributed by atoms with Crippen LogP contribution in [-0.4, -0.2) is 36.0 Å². The molecule has 1 amide bonds. The summed E-state index contributed by atoms with van der Waals surface area (Å²) in [6.45, 7) is 5.91. The van der Waals surface area contributed by atoms with E-state index in [1.54, 1.807) is 7.05 Å². The number of anilines is 1. The fourth-order valence-corrected chi connectivity index (χ4v) is 2.82. The smallest absolute Gasteiger partial charge is 0.224 e. The van der Waals surface area contributed by atoms with Crippen LogP contribution < -0.4 is 10.2 Å². The van der Waals surface area contributed by atoms with Crippen molar-refractivity contribution in [3.63, 3.8) is 0 Å². The Morgan fingerprint density at radius 3 is 3.00 bits per heavy atom. The van der Waals surface area contributed by atoms with Gasteiger partial charge in [-0.1, -0.05) is 13.3 Å². The average molecular weight is 290 g/mol. The van der Waals surface area contributed by atoms with E-state index in [0.717, 1.165) is 62.5 Å². The quantitative estimate of drug-likeness (QED) is 0.902. The van der Waals surface area contributed by atoms with Gasteiger partial charge in [-0.3, -0.25) is 4.79 Å². The number of aryl methyl sites for hydroxylation is 2. The molecule has 0 radical (unpaired) electrons. The Morgan fingerprint density at radius 1 is 1.48 bits per heavy atom. The van der Waals surface area contributed by atoms with Gasteiger partial charge in [0.15, 0.2) is 0 Å². The fourth-order valence-electron chi connectivity index (χ4n) is 2.82. The van der Waals surface area contributed by atoms with Crippen LogP contribution in [0.5, 0.6) is 0 Å². The molecular formula is C16H26N4O. The first-order valence-corrected chi connectivity index (χ1v) is 7.95. The molecule has 0 aliphatic carbocycles. The number of nitrogens with one attached hydrogen (secondary N) is 1. The summed E-state index contributed by atoms with van der Waals surface area (Å²) >= 11 is 0. The second-order valence-electron chi connectivity index (χ2n) is 5.79. The van der Waals surface area contributed by atoms with Crippen LogP contribution in [0.4, 0.5) is 5.82 Å². The molecule has 1 N–H and O–H groups in total. The van der Waals surface area contributed by atoms with Gasteiger partial charge in [-0.05, 0) is 26.2 Å². The Bertz CT molecular complexity index is 489. The number of piperidine rings is 1. The minimum atomic E-state index is 0.0677. The first-order valence-electron chi connectivity index (χ1n) is 7.95. The summed E-state index contributed by atoms with van der Waals surface area (Å²) in [5.74, 6) is 2.10. The normalized spacial score (nSPS) is 18.6. The Balaban J connectivity index is 2.12. The second kappa shape index (κ2) is 7.38. The molecule has 1 aliphatic heterocycles. The number of hydrogen-bond acceptors (Lipinski definition) is 4. The van der Waals surface area contributed by atoms with Gasteiger partial charge >= 0.3 is 0 Å². The first kappa shape index (κ1) is 15.7. The van der Waals surface area contributed by atoms with Crippen LogP contribution >= 0.6 is 0 Å². The number of nitrogens with zero attached hydrogens (tertiary/aromatic N) is 3. The zero-order chi connectivity index (χ0) is 15.2. The molecule has 1 aromatic heterocycles. The molecule has 1 atom stereocenters. The van der Waals surface area contributed by atoms with E-state index in [4.69, 9.17) is 4.98 Å². The Kier molecular flexibility index (Phi) is 5.53. The van der Waals surface area contributed by atoms with Crippen LogP contribution in [-0.2, 0) is 11.2 Å². The summed E-state index contributed by atoms with van der Waals surface area (Å²) in [6.07, 6.45) is 5.19. The van der Waals surface area contributed by atoms with Crippen molar-refractivity contribution in [1.29, 1.82) is 0 Å². The van der Waals surface area contributed by atoms with Gasteiger partial charge in [0.05, 0.1) is 5.92 Å². The molecule has 0 unspecified atom stereocenters. The maximum Gasteiger partial charge on any atom is 0.224 e. The lowest BCUT2D eigenvalue weighted by molar-refractivity contribution is -0.124. The number of carbonyl (C=O) groups excluding carboxylic acids is 1. The van der Waals surface area contributed by atoms with Crippen molar-refractivity contribution in [3.8, 4) is 0 Å². The number of rotatable bonds is 5. The van der Waals surface area contributed by atoms with Crippen molar-refractivity contribution in [3.05, 3.63) is 17.6 Å². The van der Waals surface area contributed by atoms with Gasteiger partial charge in [0, 0.05) is 38.3 Å². The maximum atomic E-state index is 11.8. The van der Waals surface area contributed by atoms with Gasteiger partial charge < -0.3 is 10.2 Å². The summed E-state index contributed by atoms with van der Waals surface area (Å²) in [5, 5.41) is 2.76. The van der Waals surface area contributed by atoms with Crippen LogP contribution in [0.15, 0.2) is 6.07 Å². The number of unbranched alkanes of at least 4 members (excludes halogenated alkanes) is 1. The van der Waals surface area contributed by atoms with E-state index in [1.165, 1.54) is 0 Å². The molecule has 2 rings (SSSR count). The molecule has 21 heavy (non-hydrogen) atoms. The first-order chi connectivity index (χ1) is 10.1. The standard InChI is InChI=1S/C16H26N4O/c1-4-5-8-14-18-12(2)10-15(19-14)20-9-6-7-13(11-20)16(21)17-3/h10,13H,4-9,11H2,1-3H3,(H,17,21)/t13-/m0/s1. The SMILES string of the molecule is CCCCc1nc(C)cc(N2CCC[C@H](C(=O)NC)C2)n1. The molecule has 116 valence electrons. The van der Waals surface area contributed by atoms with Gasteiger partial charge in [-0.2, -0.15) is 0 Å². The highest BCUT2D eigenvalue weighted by atomic mass is 16.1. The Morgan fingerprint density at radius 2 is 2.29 bits per heavy atom. The molecule has 0 aromatic carbocycles. The van der Waals surface area contributed by atoms with Gasteiger partial charge in [0.2, 0.25) is 5.91 Å². The van der Waals surface area contributed by atoms with E-state index in [9.17, 15) is 4.79 Å². The minimum Gasteiger partial charge on any atom is -0.359 e. The number of amides is 1. The molecule has 1 fully saturated rings. The van der Waals surface area contributed by atoms with Crippen LogP contribution in [0.25, 0.3) is 0 Å². The zero-order valence-corrected chi connectivity index (χ0v) is 13.4. The summed E-state index contributed by atoms with van der Waals surface area (Å²) in [4.78, 5) is 23.3. The summed E-state index contributed by atoms with van der Waals surface area (Å²) in [6, 6.07) is 2.03. The molecule has 1 saturated heterocycles. The third-order valence-electron chi connectivity index (χ3n) is 4.00. The maximum absolute atomic E-state index is 11.8. The topological polar surface area (TPSA) is 58.1 Å². The van der Waals surface area contributed by atoms with Gasteiger partial charge in [-0.25, -0.2) is 9.97 Å². The van der Waals surface area contributed by atoms with Gasteiger partial charge in [-0.15, -0.1) is 0 Å². The predicted octanol–water partition coefficient (Wildman–Crippen LogP) is 2.09. The highest BCUT2D eigenvalue weighted by molar-refractivity contribution is 5.79. The van der Waals surface area contributed by atoms with Crippen molar-refractivity contribution < 1.29 is 4.79 Å². The van der Waals surface area contributed by atoms with Gasteiger partial charge in [0.25, 0.3) is 0 Å². The third kappa shape index (κ3) is 4.16. The van der Waals surface area contributed by atoms with E-state index < -0.39 is 0 Å². The van der Waals surface area contributed by atoms with E-state index in [2.05, 4.69) is 22.1 Å². The molecule has 2 heterocycles. The van der Waals surface area contributed by atoms with Crippen molar-refractivity contribution >= 4 is 11.7 Å². The molecule has 1 aromatic rings. The van der Waals surface area contributed by atoms with Crippen molar-refractivity contribution in [1.82, 2.24) is 15.3 Å². The predicted molar refractivity (Wildman–Crippen MR) is 84.4 cm³/mol. The monoisotopic (exact) mass is 290 g/mol. The molecule has 0 spiro atoms. The Labute approximate surface area is 127 Å². The summed E-state index contributed by atoms with van der Waals surface area (Å²) in [7, 11) is 1.71. The number of hydrogen-bond donors (Lipinski definition) is 1. The molecule has 0 bridgehead atoms. The zero-order valence-electron chi connectivity index (χ0n) is 13.4. The minimum absolute atomic E-state index is 0.0677. The van der Waals surface area contributed by atoms with E-state index in [-0.39, 0.29) is 11.8 Å². The summed E-state index contributed by atoms with van der Waals surface area (Å²) < 4.78 is 0. The van der Waals surface area contributed by atoms with Crippen molar-refractivity contribution in [2.75, 3.05) is 25.0 Å². The molecule has 5 heteroatoms. The number of carbonyl (C=O) groups is 1. The number of aromatic nitrogens is 2. The van der Waals surface area contributed by atoms with Crippen LogP contribution in [0.1, 0.15) is 44.1 Å². The van der Waals surface area contributed by atoms with Crippen molar-refractivity contribution in [2.45, 2.75) is 46.0 Å². The molecule has 0 saturated carbocycles. The largest absolute Gasteiger partial charge is 0.359 e. The van der Waals surface area contributed by atoms with E-state index >= 15 is 0 Å². The molecular weight excluding hydrogens is 264 g/mol. The second-order valence-corrected chi connectivity index (χ2v) is 5.79. The highest BCUT2D eigenvalue weighted by Gasteiger charge is 2.26. The lowest BCUT2D eigenvalue weighted by atomic mass is 9.97. The van der Waals surface area contributed by atoms with Crippen molar-refractivity contribution in [2.24, 2.45) is 5.92 Å². The van der Waals surface area contributed by atoms with Crippen LogP contribution in [0, 0.1) is 12.8 Å². The lowest BCUT2D eigenvalue weighted by Gasteiger charge is -2.32. The van der Waals surface area contributed by atoms with E-state index in [1.807, 2.05) is 13.0 Å². The van der Waals surface area contributed by atoms with Crippen LogP contribution in [0.3, 0.4) is 0 Å². The average Bonchev–Trinajstić information content (AvgIpc) is 2.51. The fraction of sp³-hybridized carbons (Fsp3) is 0.688. The Hall–Kier alpha value is -1.65. The lowest BCUT2D eigenvalue weighted by Crippen LogP contribution is -2.42. The third-order valence-corrected chi connectivity index (χ3v) is 4.00. The molecule has 5 nitrogen and oxygen atoms in total. The highest BCUT2D eigenvalue weighted by Crippen LogP contribution is 2.22. The van der Waals surface area contributed by atoms with Gasteiger partial charge in [0.1, 0.15) is 11.6 Å². The summed E-state index contributed by atoms with van der Waals surface area (Å²) in [5.41, 5.74) is 1.01. The molecule has 1 aliphatic rings. The van der Waals surface area contributed by atoms with E-state index in [0.29, 0.717) is 0 Å².